The number of amides is 1. The molecule has 0 bridgehead atoms. The minimum absolute atomic E-state index is 0.188. The maximum atomic E-state index is 11.4. The minimum Gasteiger partial charge on any atom is -0.480 e. The zero-order valence-electron chi connectivity index (χ0n) is 10.2. The highest BCUT2D eigenvalue weighted by Gasteiger charge is 2.20. The van der Waals surface area contributed by atoms with E-state index < -0.39 is 12.0 Å². The molecule has 16 heavy (non-hydrogen) atoms. The molecule has 0 aromatic carbocycles. The second-order valence-corrected chi connectivity index (χ2v) is 5.25. The smallest absolute Gasteiger partial charge is 0.326 e. The fraction of sp³-hybridized carbons (Fsp3) is 0.818. The molecular formula is C11H21NO3S. The third-order valence-electron chi connectivity index (χ3n) is 1.92. The Morgan fingerprint density at radius 3 is 2.44 bits per heavy atom. The van der Waals surface area contributed by atoms with E-state index >= 15 is 0 Å². The van der Waals surface area contributed by atoms with E-state index in [0.29, 0.717) is 12.2 Å². The summed E-state index contributed by atoms with van der Waals surface area (Å²) in [5.74, 6) is 0.379. The number of hydrogen-bond donors (Lipinski definition) is 2. The molecule has 0 aliphatic rings. The topological polar surface area (TPSA) is 66.4 Å². The summed E-state index contributed by atoms with van der Waals surface area (Å²) in [4.78, 5) is 22.3. The van der Waals surface area contributed by atoms with E-state index in [1.165, 1.54) is 11.8 Å². The highest BCUT2D eigenvalue weighted by molar-refractivity contribution is 7.99. The molecule has 0 aromatic heterocycles. The summed E-state index contributed by atoms with van der Waals surface area (Å²) in [6.45, 7) is 5.92. The van der Waals surface area contributed by atoms with E-state index in [0.717, 1.165) is 12.2 Å². The van der Waals surface area contributed by atoms with E-state index in [1.807, 2.05) is 20.8 Å². The molecule has 0 saturated carbocycles. The SMILES string of the molecule is CCCSCC(=O)NC(CC(C)C)C(=O)O. The predicted molar refractivity (Wildman–Crippen MR) is 66.6 cm³/mol. The summed E-state index contributed by atoms with van der Waals surface area (Å²) < 4.78 is 0. The minimum atomic E-state index is -0.956. The van der Waals surface area contributed by atoms with Crippen molar-refractivity contribution in [1.82, 2.24) is 5.32 Å². The van der Waals surface area contributed by atoms with Gasteiger partial charge in [0, 0.05) is 0 Å². The molecule has 1 amide bonds. The standard InChI is InChI=1S/C11H21NO3S/c1-4-5-16-7-10(13)12-9(11(14)15)6-8(2)3/h8-9H,4-7H2,1-3H3,(H,12,13)(H,14,15). The normalized spacial score (nSPS) is 12.5. The summed E-state index contributed by atoms with van der Waals surface area (Å²) in [6.07, 6.45) is 1.49. The monoisotopic (exact) mass is 247 g/mol. The highest BCUT2D eigenvalue weighted by Crippen LogP contribution is 2.06. The number of carbonyl (C=O) groups excluding carboxylic acids is 1. The second-order valence-electron chi connectivity index (χ2n) is 4.14. The van der Waals surface area contributed by atoms with Gasteiger partial charge in [0.25, 0.3) is 0 Å². The Hall–Kier alpha value is -0.710. The maximum absolute atomic E-state index is 11.4. The molecule has 0 aliphatic heterocycles. The molecule has 0 fully saturated rings. The molecule has 0 heterocycles. The molecule has 0 aromatic rings. The lowest BCUT2D eigenvalue weighted by atomic mass is 10.0. The molecule has 94 valence electrons. The van der Waals surface area contributed by atoms with Crippen LogP contribution in [-0.4, -0.2) is 34.5 Å². The van der Waals surface area contributed by atoms with Gasteiger partial charge in [-0.25, -0.2) is 4.79 Å². The Balaban J connectivity index is 3.98. The average molecular weight is 247 g/mol. The number of carboxylic acid groups (broad SMARTS) is 1. The number of hydrogen-bond acceptors (Lipinski definition) is 3. The molecule has 0 radical (unpaired) electrons. The highest BCUT2D eigenvalue weighted by atomic mass is 32.2. The van der Waals surface area contributed by atoms with Gasteiger partial charge in [-0.2, -0.15) is 11.8 Å². The van der Waals surface area contributed by atoms with Crippen LogP contribution in [0.1, 0.15) is 33.6 Å². The first-order valence-corrected chi connectivity index (χ1v) is 6.72. The Morgan fingerprint density at radius 1 is 1.38 bits per heavy atom. The fourth-order valence-electron chi connectivity index (χ4n) is 1.24. The van der Waals surface area contributed by atoms with Gasteiger partial charge < -0.3 is 10.4 Å². The van der Waals surface area contributed by atoms with Crippen LogP contribution in [0.25, 0.3) is 0 Å². The van der Waals surface area contributed by atoms with E-state index in [-0.39, 0.29) is 11.8 Å². The van der Waals surface area contributed by atoms with E-state index in [4.69, 9.17) is 5.11 Å². The summed E-state index contributed by atoms with van der Waals surface area (Å²) in [6, 6.07) is -0.755. The van der Waals surface area contributed by atoms with Gasteiger partial charge in [-0.3, -0.25) is 4.79 Å². The van der Waals surface area contributed by atoms with Crippen molar-refractivity contribution in [2.75, 3.05) is 11.5 Å². The van der Waals surface area contributed by atoms with Gasteiger partial charge in [0.1, 0.15) is 6.04 Å². The van der Waals surface area contributed by atoms with Gasteiger partial charge in [-0.05, 0) is 24.5 Å². The Labute approximate surface area is 101 Å². The van der Waals surface area contributed by atoms with Crippen LogP contribution in [0.2, 0.25) is 0 Å². The first-order chi connectivity index (χ1) is 7.47. The van der Waals surface area contributed by atoms with Crippen molar-refractivity contribution >= 4 is 23.6 Å². The predicted octanol–water partition coefficient (Wildman–Crippen LogP) is 1.75. The lowest BCUT2D eigenvalue weighted by Gasteiger charge is -2.16. The molecule has 1 unspecified atom stereocenters. The van der Waals surface area contributed by atoms with Gasteiger partial charge in [-0.1, -0.05) is 20.8 Å². The van der Waals surface area contributed by atoms with Crippen LogP contribution >= 0.6 is 11.8 Å². The van der Waals surface area contributed by atoms with Crippen molar-refractivity contribution in [3.8, 4) is 0 Å². The molecule has 0 aliphatic carbocycles. The molecule has 0 spiro atoms. The number of rotatable bonds is 8. The first-order valence-electron chi connectivity index (χ1n) is 5.57. The zero-order chi connectivity index (χ0) is 12.6. The summed E-state index contributed by atoms with van der Waals surface area (Å²) in [5, 5.41) is 11.5. The lowest BCUT2D eigenvalue weighted by Crippen LogP contribution is -2.42. The van der Waals surface area contributed by atoms with Crippen LogP contribution in [0.4, 0.5) is 0 Å². The number of nitrogens with one attached hydrogen (secondary N) is 1. The third kappa shape index (κ3) is 7.56. The molecular weight excluding hydrogens is 226 g/mol. The van der Waals surface area contributed by atoms with Crippen LogP contribution in [0.5, 0.6) is 0 Å². The number of aliphatic carboxylic acids is 1. The first kappa shape index (κ1) is 15.3. The lowest BCUT2D eigenvalue weighted by molar-refractivity contribution is -0.141. The third-order valence-corrected chi connectivity index (χ3v) is 3.09. The maximum Gasteiger partial charge on any atom is 0.326 e. The molecule has 0 saturated heterocycles. The number of thioether (sulfide) groups is 1. The van der Waals surface area contributed by atoms with Crippen molar-refractivity contribution in [2.24, 2.45) is 5.92 Å². The van der Waals surface area contributed by atoms with Crippen LogP contribution in [-0.2, 0) is 9.59 Å². The summed E-state index contributed by atoms with van der Waals surface area (Å²) in [7, 11) is 0. The summed E-state index contributed by atoms with van der Waals surface area (Å²) >= 11 is 1.53. The summed E-state index contributed by atoms with van der Waals surface area (Å²) in [5.41, 5.74) is 0. The largest absolute Gasteiger partial charge is 0.480 e. The van der Waals surface area contributed by atoms with Crippen molar-refractivity contribution in [3.63, 3.8) is 0 Å². The Bertz CT molecular complexity index is 231. The van der Waals surface area contributed by atoms with Gasteiger partial charge in [0.2, 0.25) is 5.91 Å². The van der Waals surface area contributed by atoms with Crippen LogP contribution in [0, 0.1) is 5.92 Å². The second kappa shape index (κ2) is 8.44. The van der Waals surface area contributed by atoms with Crippen LogP contribution in [0.15, 0.2) is 0 Å². The fourth-order valence-corrected chi connectivity index (χ4v) is 1.94. The quantitative estimate of drug-likeness (QED) is 0.641. The molecule has 5 heteroatoms. The van der Waals surface area contributed by atoms with Crippen molar-refractivity contribution in [3.05, 3.63) is 0 Å². The van der Waals surface area contributed by atoms with Crippen molar-refractivity contribution in [1.29, 1.82) is 0 Å². The van der Waals surface area contributed by atoms with Gasteiger partial charge in [-0.15, -0.1) is 0 Å². The molecule has 1 atom stereocenters. The van der Waals surface area contributed by atoms with E-state index in [2.05, 4.69) is 5.32 Å². The molecule has 2 N–H and O–H groups in total. The van der Waals surface area contributed by atoms with E-state index in [9.17, 15) is 9.59 Å². The van der Waals surface area contributed by atoms with Crippen molar-refractivity contribution in [2.45, 2.75) is 39.7 Å². The van der Waals surface area contributed by atoms with Gasteiger partial charge in [0.05, 0.1) is 5.75 Å². The average Bonchev–Trinajstić information content (AvgIpc) is 2.16. The van der Waals surface area contributed by atoms with Gasteiger partial charge >= 0.3 is 5.97 Å². The van der Waals surface area contributed by atoms with E-state index in [1.54, 1.807) is 0 Å². The zero-order valence-corrected chi connectivity index (χ0v) is 11.0. The molecule has 0 rings (SSSR count). The molecule has 4 nitrogen and oxygen atoms in total. The van der Waals surface area contributed by atoms with Crippen LogP contribution in [0.3, 0.4) is 0 Å². The number of carboxylic acids is 1. The van der Waals surface area contributed by atoms with Crippen LogP contribution < -0.4 is 5.32 Å². The Kier molecular flexibility index (Phi) is 8.07. The Morgan fingerprint density at radius 2 is 2.00 bits per heavy atom. The van der Waals surface area contributed by atoms with Gasteiger partial charge in [0.15, 0.2) is 0 Å². The van der Waals surface area contributed by atoms with Crippen molar-refractivity contribution < 1.29 is 14.7 Å². The number of carbonyl (C=O) groups is 2.